The number of anilines is 1. The molecule has 0 fully saturated rings. The molecular weight excluding hydrogens is 188 g/mol. The molecule has 1 aliphatic rings. The Balaban J connectivity index is 2.36. The first-order valence-electron chi connectivity index (χ1n) is 4.79. The van der Waals surface area contributed by atoms with Crippen LogP contribution < -0.4 is 9.64 Å². The highest BCUT2D eigenvalue weighted by Crippen LogP contribution is 2.29. The third kappa shape index (κ3) is 1.79. The van der Waals surface area contributed by atoms with Gasteiger partial charge in [0.25, 0.3) is 0 Å². The number of fused-ring (bicyclic) bond motifs is 1. The molecule has 3 nitrogen and oxygen atoms in total. The molecule has 0 saturated heterocycles. The highest BCUT2D eigenvalue weighted by molar-refractivity contribution is 5.55. The van der Waals surface area contributed by atoms with Crippen LogP contribution in [0.1, 0.15) is 5.56 Å². The molecule has 0 unspecified atom stereocenters. The fraction of sp³-hybridized carbons (Fsp3) is 0.250. The highest BCUT2D eigenvalue weighted by Gasteiger charge is 2.12. The number of hydrogen-bond donors (Lipinski definition) is 0. The van der Waals surface area contributed by atoms with Gasteiger partial charge in [0.1, 0.15) is 11.8 Å². The van der Waals surface area contributed by atoms with Crippen molar-refractivity contribution in [2.75, 3.05) is 19.0 Å². The van der Waals surface area contributed by atoms with Crippen molar-refractivity contribution in [1.82, 2.24) is 0 Å². The van der Waals surface area contributed by atoms with Crippen LogP contribution in [0.15, 0.2) is 30.0 Å². The molecule has 0 radical (unpaired) electrons. The first kappa shape index (κ1) is 9.60. The summed E-state index contributed by atoms with van der Waals surface area (Å²) in [5, 5.41) is 8.74. The van der Waals surface area contributed by atoms with Crippen LogP contribution in [0, 0.1) is 11.3 Å². The molecule has 0 aromatic heterocycles. The lowest BCUT2D eigenvalue weighted by Crippen LogP contribution is -2.10. The standard InChI is InChI=1S/C12H12N2O/c1-14(2)10-5-3-9-4-6-11(8-13)15-12(9)7-10/h3,5-7H,4H2,1-2H3. The minimum Gasteiger partial charge on any atom is -0.446 e. The monoisotopic (exact) mass is 200 g/mol. The molecular formula is C12H12N2O. The van der Waals surface area contributed by atoms with Crippen LogP contribution in [0.5, 0.6) is 5.75 Å². The minimum atomic E-state index is 0.387. The molecule has 0 aliphatic carbocycles. The maximum Gasteiger partial charge on any atom is 0.200 e. The molecule has 1 aromatic carbocycles. The quantitative estimate of drug-likeness (QED) is 0.696. The molecule has 0 saturated carbocycles. The summed E-state index contributed by atoms with van der Waals surface area (Å²) >= 11 is 0. The van der Waals surface area contributed by atoms with E-state index in [1.54, 1.807) is 6.08 Å². The van der Waals surface area contributed by atoms with Crippen molar-refractivity contribution in [2.24, 2.45) is 0 Å². The SMILES string of the molecule is CN(C)c1ccc2c(c1)OC(C#N)=CC2. The van der Waals surface area contributed by atoms with Gasteiger partial charge in [0, 0.05) is 25.8 Å². The Morgan fingerprint density at radius 3 is 2.87 bits per heavy atom. The molecule has 76 valence electrons. The number of allylic oxidation sites excluding steroid dienone is 2. The van der Waals surface area contributed by atoms with Crippen molar-refractivity contribution in [1.29, 1.82) is 5.26 Å². The Hall–Kier alpha value is -1.95. The van der Waals surface area contributed by atoms with Crippen LogP contribution in [0.25, 0.3) is 0 Å². The van der Waals surface area contributed by atoms with E-state index in [9.17, 15) is 0 Å². The summed E-state index contributed by atoms with van der Waals surface area (Å²) in [6.45, 7) is 0. The van der Waals surface area contributed by atoms with E-state index in [0.29, 0.717) is 5.76 Å². The van der Waals surface area contributed by atoms with Gasteiger partial charge in [-0.2, -0.15) is 5.26 Å². The Morgan fingerprint density at radius 1 is 1.40 bits per heavy atom. The maximum atomic E-state index is 8.74. The average Bonchev–Trinajstić information content (AvgIpc) is 2.27. The van der Waals surface area contributed by atoms with Crippen LogP contribution in [0.3, 0.4) is 0 Å². The average molecular weight is 200 g/mol. The van der Waals surface area contributed by atoms with E-state index in [4.69, 9.17) is 10.00 Å². The second-order valence-corrected chi connectivity index (χ2v) is 3.67. The predicted octanol–water partition coefficient (Wildman–Crippen LogP) is 2.09. The highest BCUT2D eigenvalue weighted by atomic mass is 16.5. The summed E-state index contributed by atoms with van der Waals surface area (Å²) in [6.07, 6.45) is 2.57. The van der Waals surface area contributed by atoms with Gasteiger partial charge in [-0.25, -0.2) is 0 Å². The van der Waals surface area contributed by atoms with Crippen molar-refractivity contribution in [3.8, 4) is 11.8 Å². The first-order chi connectivity index (χ1) is 7.20. The van der Waals surface area contributed by atoms with Crippen LogP contribution in [-0.4, -0.2) is 14.1 Å². The number of hydrogen-bond acceptors (Lipinski definition) is 3. The van der Waals surface area contributed by atoms with Gasteiger partial charge >= 0.3 is 0 Å². The maximum absolute atomic E-state index is 8.74. The Kier molecular flexibility index (Phi) is 2.34. The van der Waals surface area contributed by atoms with E-state index >= 15 is 0 Å². The third-order valence-corrected chi connectivity index (χ3v) is 2.40. The number of nitrogens with zero attached hydrogens (tertiary/aromatic N) is 2. The number of benzene rings is 1. The van der Waals surface area contributed by atoms with E-state index in [-0.39, 0.29) is 0 Å². The van der Waals surface area contributed by atoms with Gasteiger partial charge < -0.3 is 9.64 Å². The summed E-state index contributed by atoms with van der Waals surface area (Å²) in [4.78, 5) is 2.01. The van der Waals surface area contributed by atoms with E-state index in [1.807, 2.05) is 43.3 Å². The smallest absolute Gasteiger partial charge is 0.200 e. The topological polar surface area (TPSA) is 36.3 Å². The van der Waals surface area contributed by atoms with E-state index in [1.165, 1.54) is 0 Å². The van der Waals surface area contributed by atoms with Gasteiger partial charge in [-0.15, -0.1) is 0 Å². The van der Waals surface area contributed by atoms with E-state index in [2.05, 4.69) is 0 Å². The Bertz CT molecular complexity index is 455. The van der Waals surface area contributed by atoms with Crippen LogP contribution >= 0.6 is 0 Å². The fourth-order valence-corrected chi connectivity index (χ4v) is 1.52. The molecule has 0 amide bonds. The molecule has 0 bridgehead atoms. The van der Waals surface area contributed by atoms with Crippen molar-refractivity contribution in [3.05, 3.63) is 35.6 Å². The molecule has 0 spiro atoms. The summed E-state index contributed by atoms with van der Waals surface area (Å²) < 4.78 is 5.45. The second-order valence-electron chi connectivity index (χ2n) is 3.67. The van der Waals surface area contributed by atoms with Gasteiger partial charge in [0.2, 0.25) is 0 Å². The fourth-order valence-electron chi connectivity index (χ4n) is 1.52. The lowest BCUT2D eigenvalue weighted by atomic mass is 10.1. The first-order valence-corrected chi connectivity index (χ1v) is 4.79. The van der Waals surface area contributed by atoms with Crippen molar-refractivity contribution in [3.63, 3.8) is 0 Å². The normalized spacial score (nSPS) is 13.3. The molecule has 15 heavy (non-hydrogen) atoms. The van der Waals surface area contributed by atoms with E-state index < -0.39 is 0 Å². The van der Waals surface area contributed by atoms with Crippen molar-refractivity contribution < 1.29 is 4.74 Å². The van der Waals surface area contributed by atoms with Gasteiger partial charge in [0.05, 0.1) is 0 Å². The summed E-state index contributed by atoms with van der Waals surface area (Å²) in [5.74, 6) is 1.18. The van der Waals surface area contributed by atoms with Crippen LogP contribution in [0.4, 0.5) is 5.69 Å². The lowest BCUT2D eigenvalue weighted by Gasteiger charge is -2.18. The zero-order valence-corrected chi connectivity index (χ0v) is 8.82. The zero-order valence-electron chi connectivity index (χ0n) is 8.82. The van der Waals surface area contributed by atoms with Crippen LogP contribution in [0.2, 0.25) is 0 Å². The van der Waals surface area contributed by atoms with Gasteiger partial charge in [-0.05, 0) is 24.1 Å². The molecule has 1 aliphatic heterocycles. The molecule has 3 heteroatoms. The third-order valence-electron chi connectivity index (χ3n) is 2.40. The second kappa shape index (κ2) is 3.66. The molecule has 1 heterocycles. The van der Waals surface area contributed by atoms with Gasteiger partial charge in [0.15, 0.2) is 5.76 Å². The van der Waals surface area contributed by atoms with Gasteiger partial charge in [-0.1, -0.05) is 6.07 Å². The lowest BCUT2D eigenvalue weighted by molar-refractivity contribution is 0.432. The largest absolute Gasteiger partial charge is 0.446 e. The van der Waals surface area contributed by atoms with Crippen molar-refractivity contribution >= 4 is 5.69 Å². The Labute approximate surface area is 89.2 Å². The zero-order chi connectivity index (χ0) is 10.8. The summed E-state index contributed by atoms with van der Waals surface area (Å²) in [6, 6.07) is 8.06. The molecule has 1 aromatic rings. The van der Waals surface area contributed by atoms with E-state index in [0.717, 1.165) is 23.4 Å². The van der Waals surface area contributed by atoms with Crippen LogP contribution in [-0.2, 0) is 6.42 Å². The van der Waals surface area contributed by atoms with Gasteiger partial charge in [-0.3, -0.25) is 0 Å². The summed E-state index contributed by atoms with van der Waals surface area (Å²) in [5.41, 5.74) is 2.20. The Morgan fingerprint density at radius 2 is 2.20 bits per heavy atom. The molecule has 0 N–H and O–H groups in total. The minimum absolute atomic E-state index is 0.387. The molecule has 2 rings (SSSR count). The number of rotatable bonds is 1. The van der Waals surface area contributed by atoms with Crippen molar-refractivity contribution in [2.45, 2.75) is 6.42 Å². The predicted molar refractivity (Wildman–Crippen MR) is 58.8 cm³/mol. The summed E-state index contributed by atoms with van der Waals surface area (Å²) in [7, 11) is 3.96. The molecule has 0 atom stereocenters. The number of nitriles is 1. The number of ether oxygens (including phenoxy) is 1.